The van der Waals surface area contributed by atoms with Crippen molar-refractivity contribution in [3.8, 4) is 11.4 Å². The molecular weight excluding hydrogens is 523 g/mol. The normalized spacial score (nSPS) is 17.1. The van der Waals surface area contributed by atoms with Crippen LogP contribution in [0.25, 0.3) is 5.69 Å². The molecule has 2 atom stereocenters. The van der Waals surface area contributed by atoms with Crippen LogP contribution in [0, 0.1) is 19.7 Å². The molecule has 5 rings (SSSR count). The first-order valence-electron chi connectivity index (χ1n) is 12.3. The number of methoxy groups -OCH3 is 1. The standard InChI is InChI=1S/C29H28ClFN4O2S/c1-18-15-23(19(2)34(18)21-8-6-7-20(31)16-21)28-27(25-9-4-5-12-32-25)33-29(38)35(28)22-10-11-26(24(30)17-22)37-14-13-36-3/h4-12,15-17,27-28H,13-14H2,1-3H3,(H,33,38). The molecule has 0 radical (unpaired) electrons. The number of benzene rings is 2. The Bertz CT molecular complexity index is 1460. The quantitative estimate of drug-likeness (QED) is 0.200. The van der Waals surface area contributed by atoms with E-state index < -0.39 is 0 Å². The van der Waals surface area contributed by atoms with Gasteiger partial charge in [-0.15, -0.1) is 0 Å². The molecule has 0 amide bonds. The molecule has 0 saturated carbocycles. The monoisotopic (exact) mass is 550 g/mol. The van der Waals surface area contributed by atoms with E-state index in [0.29, 0.717) is 29.1 Å². The summed E-state index contributed by atoms with van der Waals surface area (Å²) in [7, 11) is 1.62. The van der Waals surface area contributed by atoms with Gasteiger partial charge in [-0.2, -0.15) is 0 Å². The Hall–Kier alpha value is -3.46. The van der Waals surface area contributed by atoms with E-state index in [2.05, 4.69) is 25.8 Å². The molecule has 0 aliphatic carbocycles. The average Bonchev–Trinajstić information content (AvgIpc) is 3.40. The topological polar surface area (TPSA) is 51.6 Å². The van der Waals surface area contributed by atoms with Gasteiger partial charge in [-0.1, -0.05) is 23.7 Å². The lowest BCUT2D eigenvalue weighted by Gasteiger charge is -2.28. The second kappa shape index (κ2) is 11.1. The Labute approximate surface area is 232 Å². The van der Waals surface area contributed by atoms with Gasteiger partial charge in [-0.25, -0.2) is 4.39 Å². The van der Waals surface area contributed by atoms with Gasteiger partial charge in [-0.3, -0.25) is 4.98 Å². The molecule has 1 N–H and O–H groups in total. The zero-order valence-electron chi connectivity index (χ0n) is 21.3. The lowest BCUT2D eigenvalue weighted by molar-refractivity contribution is 0.146. The highest BCUT2D eigenvalue weighted by atomic mass is 35.5. The van der Waals surface area contributed by atoms with Gasteiger partial charge in [0, 0.05) is 36.1 Å². The van der Waals surface area contributed by atoms with Crippen LogP contribution in [0.2, 0.25) is 5.02 Å². The maximum atomic E-state index is 14.1. The molecular formula is C29H28ClFN4O2S. The van der Waals surface area contributed by atoms with Crippen LogP contribution in [0.4, 0.5) is 10.1 Å². The molecule has 9 heteroatoms. The maximum absolute atomic E-state index is 14.1. The third kappa shape index (κ3) is 4.99. The lowest BCUT2D eigenvalue weighted by Crippen LogP contribution is -2.29. The number of rotatable bonds is 8. The van der Waals surface area contributed by atoms with E-state index in [1.165, 1.54) is 12.1 Å². The van der Waals surface area contributed by atoms with Crippen LogP contribution < -0.4 is 15.0 Å². The maximum Gasteiger partial charge on any atom is 0.174 e. The number of anilines is 1. The molecule has 1 aliphatic rings. The largest absolute Gasteiger partial charge is 0.490 e. The number of nitrogens with zero attached hydrogens (tertiary/aromatic N) is 3. The van der Waals surface area contributed by atoms with Gasteiger partial charge >= 0.3 is 0 Å². The molecule has 1 aliphatic heterocycles. The number of aryl methyl sites for hydroxylation is 1. The first-order chi connectivity index (χ1) is 18.4. The van der Waals surface area contributed by atoms with Gasteiger partial charge in [-0.05, 0) is 86.2 Å². The van der Waals surface area contributed by atoms with E-state index >= 15 is 0 Å². The predicted octanol–water partition coefficient (Wildman–Crippen LogP) is 6.48. The smallest absolute Gasteiger partial charge is 0.174 e. The summed E-state index contributed by atoms with van der Waals surface area (Å²) in [6.45, 7) is 4.93. The van der Waals surface area contributed by atoms with Gasteiger partial charge in [0.25, 0.3) is 0 Å². The van der Waals surface area contributed by atoms with Crippen LogP contribution in [-0.2, 0) is 4.74 Å². The number of ether oxygens (including phenoxy) is 2. The number of aromatic nitrogens is 2. The average molecular weight is 551 g/mol. The van der Waals surface area contributed by atoms with Crippen LogP contribution in [-0.4, -0.2) is 35.0 Å². The fourth-order valence-electron chi connectivity index (χ4n) is 5.04. The molecule has 1 saturated heterocycles. The van der Waals surface area contributed by atoms with E-state index in [1.807, 2.05) is 56.3 Å². The molecule has 2 unspecified atom stereocenters. The summed E-state index contributed by atoms with van der Waals surface area (Å²) in [5.41, 5.74) is 5.48. The van der Waals surface area contributed by atoms with Crippen LogP contribution >= 0.6 is 23.8 Å². The minimum absolute atomic E-state index is 0.221. The van der Waals surface area contributed by atoms with Crippen molar-refractivity contribution >= 4 is 34.6 Å². The Morgan fingerprint density at radius 2 is 1.87 bits per heavy atom. The summed E-state index contributed by atoms with van der Waals surface area (Å²) in [6, 6.07) is 19.8. The number of pyridine rings is 1. The third-order valence-electron chi connectivity index (χ3n) is 6.69. The summed E-state index contributed by atoms with van der Waals surface area (Å²) < 4.78 is 27.0. The number of hydrogen-bond acceptors (Lipinski definition) is 4. The van der Waals surface area contributed by atoms with Crippen molar-refractivity contribution in [2.24, 2.45) is 0 Å². The van der Waals surface area contributed by atoms with E-state index in [-0.39, 0.29) is 17.9 Å². The van der Waals surface area contributed by atoms with E-state index in [9.17, 15) is 4.39 Å². The molecule has 0 bridgehead atoms. The minimum atomic E-state index is -0.282. The Morgan fingerprint density at radius 1 is 1.03 bits per heavy atom. The van der Waals surface area contributed by atoms with Crippen LogP contribution in [0.1, 0.15) is 34.7 Å². The molecule has 1 fully saturated rings. The second-order valence-electron chi connectivity index (χ2n) is 9.09. The van der Waals surface area contributed by atoms with Crippen molar-refractivity contribution < 1.29 is 13.9 Å². The molecule has 38 heavy (non-hydrogen) atoms. The Morgan fingerprint density at radius 3 is 2.58 bits per heavy atom. The highest BCUT2D eigenvalue weighted by molar-refractivity contribution is 7.80. The number of hydrogen-bond donors (Lipinski definition) is 1. The molecule has 2 aromatic heterocycles. The van der Waals surface area contributed by atoms with Gasteiger partial charge in [0.05, 0.1) is 29.4 Å². The summed E-state index contributed by atoms with van der Waals surface area (Å²) in [5, 5.41) is 4.52. The highest BCUT2D eigenvalue weighted by Crippen LogP contribution is 2.45. The van der Waals surface area contributed by atoms with E-state index in [0.717, 1.165) is 34.0 Å². The predicted molar refractivity (Wildman–Crippen MR) is 152 cm³/mol. The van der Waals surface area contributed by atoms with Crippen LogP contribution in [0.15, 0.2) is 72.9 Å². The van der Waals surface area contributed by atoms with E-state index in [4.69, 9.17) is 33.3 Å². The van der Waals surface area contributed by atoms with Gasteiger partial charge in [0.2, 0.25) is 0 Å². The van der Waals surface area contributed by atoms with Crippen LogP contribution in [0.3, 0.4) is 0 Å². The molecule has 3 heterocycles. The fraction of sp³-hybridized carbons (Fsp3) is 0.241. The zero-order valence-corrected chi connectivity index (χ0v) is 22.9. The number of halogens is 2. The zero-order chi connectivity index (χ0) is 26.8. The van der Waals surface area contributed by atoms with E-state index in [1.54, 1.807) is 19.4 Å². The summed E-state index contributed by atoms with van der Waals surface area (Å²) >= 11 is 12.5. The first kappa shape index (κ1) is 26.2. The fourth-order valence-corrected chi connectivity index (χ4v) is 5.62. The van der Waals surface area contributed by atoms with Gasteiger partial charge < -0.3 is 24.3 Å². The van der Waals surface area contributed by atoms with Crippen LogP contribution in [0.5, 0.6) is 5.75 Å². The first-order valence-corrected chi connectivity index (χ1v) is 13.0. The molecule has 6 nitrogen and oxygen atoms in total. The molecule has 4 aromatic rings. The third-order valence-corrected chi connectivity index (χ3v) is 7.30. The van der Waals surface area contributed by atoms with Crippen molar-refractivity contribution in [2.75, 3.05) is 25.2 Å². The number of thiocarbonyl (C=S) groups is 1. The second-order valence-corrected chi connectivity index (χ2v) is 9.89. The van der Waals surface area contributed by atoms with Gasteiger partial charge in [0.15, 0.2) is 5.11 Å². The van der Waals surface area contributed by atoms with Crippen molar-refractivity contribution in [2.45, 2.75) is 25.9 Å². The highest BCUT2D eigenvalue weighted by Gasteiger charge is 2.42. The summed E-state index contributed by atoms with van der Waals surface area (Å²) in [6.07, 6.45) is 1.78. The Kier molecular flexibility index (Phi) is 7.65. The lowest BCUT2D eigenvalue weighted by atomic mass is 9.96. The van der Waals surface area contributed by atoms with Gasteiger partial charge in [0.1, 0.15) is 18.2 Å². The number of nitrogens with one attached hydrogen (secondary N) is 1. The molecule has 196 valence electrons. The van der Waals surface area contributed by atoms with Crippen molar-refractivity contribution in [1.82, 2.24) is 14.9 Å². The summed E-state index contributed by atoms with van der Waals surface area (Å²) in [5.74, 6) is 0.295. The SMILES string of the molecule is COCCOc1ccc(N2C(=S)NC(c3ccccn3)C2c2cc(C)n(-c3cccc(F)c3)c2C)cc1Cl. The Balaban J connectivity index is 1.61. The van der Waals surface area contributed by atoms with Crippen molar-refractivity contribution in [3.05, 3.63) is 106 Å². The summed E-state index contributed by atoms with van der Waals surface area (Å²) in [4.78, 5) is 6.70. The minimum Gasteiger partial charge on any atom is -0.490 e. The van der Waals surface area contributed by atoms with Crippen molar-refractivity contribution in [3.63, 3.8) is 0 Å². The van der Waals surface area contributed by atoms with Crippen molar-refractivity contribution in [1.29, 1.82) is 0 Å². The molecule has 2 aromatic carbocycles. The molecule has 0 spiro atoms.